The normalized spacial score (nSPS) is 49.2. The summed E-state index contributed by atoms with van der Waals surface area (Å²) in [4.78, 5) is 0. The van der Waals surface area contributed by atoms with Crippen LogP contribution in [0, 0.1) is 0 Å². The Morgan fingerprint density at radius 3 is 2.30 bits per heavy atom. The Bertz CT molecular complexity index is 102. The summed E-state index contributed by atoms with van der Waals surface area (Å²) < 4.78 is 4.91. The molecular formula is C6H12O4. The molecule has 1 unspecified atom stereocenters. The topological polar surface area (TPSA) is 69.9 Å². The van der Waals surface area contributed by atoms with Crippen LogP contribution in [0.1, 0.15) is 6.92 Å². The Balaban J connectivity index is 2.52. The predicted molar refractivity (Wildman–Crippen MR) is 33.4 cm³/mol. The van der Waals surface area contributed by atoms with Crippen molar-refractivity contribution in [3.8, 4) is 0 Å². The van der Waals surface area contributed by atoms with Gasteiger partial charge < -0.3 is 20.1 Å². The zero-order chi connectivity index (χ0) is 7.72. The molecule has 3 N–H and O–H groups in total. The third-order valence-electron chi connectivity index (χ3n) is 1.75. The fourth-order valence-corrected chi connectivity index (χ4v) is 0.953. The molecule has 4 atom stereocenters. The molecule has 1 rings (SSSR count). The summed E-state index contributed by atoms with van der Waals surface area (Å²) in [5, 5.41) is 27.0. The van der Waals surface area contributed by atoms with E-state index in [1.165, 1.54) is 0 Å². The molecule has 0 aromatic heterocycles. The molecule has 0 radical (unpaired) electrons. The fraction of sp³-hybridized carbons (Fsp3) is 1.00. The van der Waals surface area contributed by atoms with Crippen molar-refractivity contribution in [1.82, 2.24) is 0 Å². The molecule has 60 valence electrons. The standard InChI is InChI=1S/C6H12O4/c1-3-5(8)6(9)4(7)2-10-3/h3-9H,2H2,1H3/t3-,4-,5-,6?/m1/s1. The van der Waals surface area contributed by atoms with Gasteiger partial charge in [-0.25, -0.2) is 0 Å². The fourth-order valence-electron chi connectivity index (χ4n) is 0.953. The zero-order valence-corrected chi connectivity index (χ0v) is 5.77. The number of hydrogen-bond donors (Lipinski definition) is 3. The van der Waals surface area contributed by atoms with Gasteiger partial charge in [0.2, 0.25) is 0 Å². The first-order chi connectivity index (χ1) is 4.63. The lowest BCUT2D eigenvalue weighted by Crippen LogP contribution is -2.51. The lowest BCUT2D eigenvalue weighted by Gasteiger charge is -2.33. The summed E-state index contributed by atoms with van der Waals surface area (Å²) >= 11 is 0. The first-order valence-corrected chi connectivity index (χ1v) is 3.28. The Labute approximate surface area is 59.1 Å². The van der Waals surface area contributed by atoms with E-state index in [1.54, 1.807) is 6.92 Å². The summed E-state index contributed by atoms with van der Waals surface area (Å²) in [6.45, 7) is 1.75. The minimum absolute atomic E-state index is 0.0966. The molecule has 0 amide bonds. The van der Waals surface area contributed by atoms with Crippen LogP contribution in [0.3, 0.4) is 0 Å². The van der Waals surface area contributed by atoms with Crippen molar-refractivity contribution in [1.29, 1.82) is 0 Å². The van der Waals surface area contributed by atoms with Crippen molar-refractivity contribution in [2.24, 2.45) is 0 Å². The molecule has 4 heteroatoms. The van der Waals surface area contributed by atoms with Crippen LogP contribution in [0.2, 0.25) is 0 Å². The molecule has 0 aromatic rings. The van der Waals surface area contributed by atoms with Gasteiger partial charge in [0.25, 0.3) is 0 Å². The van der Waals surface area contributed by atoms with Gasteiger partial charge >= 0.3 is 0 Å². The van der Waals surface area contributed by atoms with Crippen LogP contribution in [0.5, 0.6) is 0 Å². The zero-order valence-electron chi connectivity index (χ0n) is 5.77. The van der Waals surface area contributed by atoms with Gasteiger partial charge in [0.15, 0.2) is 0 Å². The van der Waals surface area contributed by atoms with Gasteiger partial charge in [-0.3, -0.25) is 0 Å². The molecule has 1 aliphatic heterocycles. The molecule has 4 nitrogen and oxygen atoms in total. The Morgan fingerprint density at radius 1 is 1.20 bits per heavy atom. The van der Waals surface area contributed by atoms with Crippen LogP contribution in [-0.4, -0.2) is 46.3 Å². The average molecular weight is 148 g/mol. The summed E-state index contributed by atoms with van der Waals surface area (Å²) in [5.41, 5.74) is 0. The predicted octanol–water partition coefficient (Wildman–Crippen LogP) is -1.51. The van der Waals surface area contributed by atoms with Crippen LogP contribution in [0.25, 0.3) is 0 Å². The van der Waals surface area contributed by atoms with E-state index in [2.05, 4.69) is 0 Å². The number of aliphatic hydroxyl groups excluding tert-OH is 3. The Hall–Kier alpha value is -0.160. The number of rotatable bonds is 0. The van der Waals surface area contributed by atoms with Crippen molar-refractivity contribution >= 4 is 0 Å². The average Bonchev–Trinajstić information content (AvgIpc) is 1.93. The summed E-state index contributed by atoms with van der Waals surface area (Å²) in [6.07, 6.45) is -3.38. The van der Waals surface area contributed by atoms with Crippen LogP contribution in [0.15, 0.2) is 0 Å². The van der Waals surface area contributed by atoms with Gasteiger partial charge in [0, 0.05) is 0 Å². The second kappa shape index (κ2) is 2.84. The quantitative estimate of drug-likeness (QED) is 0.390. The van der Waals surface area contributed by atoms with E-state index in [-0.39, 0.29) is 6.61 Å². The van der Waals surface area contributed by atoms with Gasteiger partial charge in [-0.1, -0.05) is 0 Å². The highest BCUT2D eigenvalue weighted by atomic mass is 16.5. The summed E-state index contributed by atoms with van der Waals surface area (Å²) in [6, 6.07) is 0. The molecule has 0 bridgehead atoms. The highest BCUT2D eigenvalue weighted by Crippen LogP contribution is 2.14. The smallest absolute Gasteiger partial charge is 0.110 e. The van der Waals surface area contributed by atoms with E-state index in [0.29, 0.717) is 0 Å². The van der Waals surface area contributed by atoms with Crippen molar-refractivity contribution in [3.05, 3.63) is 0 Å². The van der Waals surface area contributed by atoms with Crippen LogP contribution < -0.4 is 0 Å². The first kappa shape index (κ1) is 7.94. The lowest BCUT2D eigenvalue weighted by molar-refractivity contribution is -0.181. The highest BCUT2D eigenvalue weighted by molar-refractivity contribution is 4.83. The number of hydrogen-bond acceptors (Lipinski definition) is 4. The van der Waals surface area contributed by atoms with Gasteiger partial charge in [0.1, 0.15) is 18.3 Å². The SMILES string of the molecule is C[C@H]1OC[C@@H](O)C(O)[C@@H]1O. The van der Waals surface area contributed by atoms with Crippen LogP contribution in [0.4, 0.5) is 0 Å². The molecule has 1 heterocycles. The van der Waals surface area contributed by atoms with E-state index in [4.69, 9.17) is 20.1 Å². The summed E-state index contributed by atoms with van der Waals surface area (Å²) in [5.74, 6) is 0. The van der Waals surface area contributed by atoms with E-state index in [9.17, 15) is 0 Å². The van der Waals surface area contributed by atoms with E-state index in [1.807, 2.05) is 0 Å². The third kappa shape index (κ3) is 1.29. The monoisotopic (exact) mass is 148 g/mol. The molecule has 10 heavy (non-hydrogen) atoms. The number of ether oxygens (including phenoxy) is 1. The van der Waals surface area contributed by atoms with Crippen molar-refractivity contribution in [3.63, 3.8) is 0 Å². The highest BCUT2D eigenvalue weighted by Gasteiger charge is 2.34. The molecule has 1 fully saturated rings. The molecule has 0 aliphatic carbocycles. The van der Waals surface area contributed by atoms with E-state index in [0.717, 1.165) is 0 Å². The molecule has 0 aromatic carbocycles. The molecule has 0 spiro atoms. The first-order valence-electron chi connectivity index (χ1n) is 3.28. The van der Waals surface area contributed by atoms with E-state index >= 15 is 0 Å². The van der Waals surface area contributed by atoms with Crippen LogP contribution in [-0.2, 0) is 4.74 Å². The minimum Gasteiger partial charge on any atom is -0.388 e. The van der Waals surface area contributed by atoms with Crippen molar-refractivity contribution in [2.75, 3.05) is 6.61 Å². The second-order valence-electron chi connectivity index (χ2n) is 2.59. The molecule has 0 saturated carbocycles. The maximum Gasteiger partial charge on any atom is 0.110 e. The van der Waals surface area contributed by atoms with Crippen molar-refractivity contribution in [2.45, 2.75) is 31.3 Å². The van der Waals surface area contributed by atoms with Gasteiger partial charge in [0.05, 0.1) is 12.7 Å². The second-order valence-corrected chi connectivity index (χ2v) is 2.59. The number of aliphatic hydroxyl groups is 3. The minimum atomic E-state index is -1.07. The van der Waals surface area contributed by atoms with Gasteiger partial charge in [-0.15, -0.1) is 0 Å². The maximum atomic E-state index is 9.08. The Kier molecular flexibility index (Phi) is 2.25. The lowest BCUT2D eigenvalue weighted by atomic mass is 10.0. The molecule has 1 aliphatic rings. The molecule has 1 saturated heterocycles. The van der Waals surface area contributed by atoms with Crippen molar-refractivity contribution < 1.29 is 20.1 Å². The largest absolute Gasteiger partial charge is 0.388 e. The molecular weight excluding hydrogens is 136 g/mol. The van der Waals surface area contributed by atoms with Gasteiger partial charge in [-0.2, -0.15) is 0 Å². The third-order valence-corrected chi connectivity index (χ3v) is 1.75. The van der Waals surface area contributed by atoms with Gasteiger partial charge in [-0.05, 0) is 6.92 Å². The summed E-state index contributed by atoms with van der Waals surface area (Å²) in [7, 11) is 0. The van der Waals surface area contributed by atoms with Crippen LogP contribution >= 0.6 is 0 Å². The van der Waals surface area contributed by atoms with E-state index < -0.39 is 24.4 Å². The Morgan fingerprint density at radius 2 is 1.80 bits per heavy atom. The maximum absolute atomic E-state index is 9.08.